The van der Waals surface area contributed by atoms with E-state index >= 15 is 0 Å². The maximum Gasteiger partial charge on any atom is 0.265 e. The van der Waals surface area contributed by atoms with Gasteiger partial charge in [0.05, 0.1) is 17.3 Å². The molecular weight excluding hydrogens is 352 g/mol. The number of hydrazone groups is 1. The number of para-hydroxylation sites is 1. The predicted molar refractivity (Wildman–Crippen MR) is 101 cm³/mol. The second kappa shape index (κ2) is 7.01. The Morgan fingerprint density at radius 2 is 1.96 bits per heavy atom. The van der Waals surface area contributed by atoms with Gasteiger partial charge in [-0.2, -0.15) is 10.1 Å². The Morgan fingerprint density at radius 3 is 2.62 bits per heavy atom. The van der Waals surface area contributed by atoms with E-state index in [9.17, 15) is 14.4 Å². The molecule has 1 N–H and O–H groups in total. The van der Waals surface area contributed by atoms with Gasteiger partial charge in [0.1, 0.15) is 5.57 Å². The molecule has 7 nitrogen and oxygen atoms in total. The second-order valence-corrected chi connectivity index (χ2v) is 6.14. The van der Waals surface area contributed by atoms with Gasteiger partial charge in [-0.05, 0) is 37.4 Å². The fourth-order valence-corrected chi connectivity index (χ4v) is 2.95. The maximum atomic E-state index is 12.7. The van der Waals surface area contributed by atoms with E-state index in [0.29, 0.717) is 11.4 Å². The van der Waals surface area contributed by atoms with E-state index in [0.717, 1.165) is 0 Å². The molecule has 2 aliphatic heterocycles. The number of anilines is 1. The molecule has 8 heteroatoms. The third-order valence-electron chi connectivity index (χ3n) is 4.01. The van der Waals surface area contributed by atoms with Gasteiger partial charge in [-0.3, -0.25) is 24.6 Å². The van der Waals surface area contributed by atoms with Gasteiger partial charge in [0, 0.05) is 6.54 Å². The first-order valence-electron chi connectivity index (χ1n) is 7.88. The van der Waals surface area contributed by atoms with E-state index in [1.165, 1.54) is 22.1 Å². The van der Waals surface area contributed by atoms with Crippen molar-refractivity contribution in [3.8, 4) is 0 Å². The first-order chi connectivity index (χ1) is 12.4. The van der Waals surface area contributed by atoms with Crippen LogP contribution in [0.5, 0.6) is 0 Å². The normalized spacial score (nSPS) is 22.0. The summed E-state index contributed by atoms with van der Waals surface area (Å²) in [4.78, 5) is 38.8. The highest BCUT2D eigenvalue weighted by Crippen LogP contribution is 2.26. The third kappa shape index (κ3) is 3.06. The quantitative estimate of drug-likeness (QED) is 0.377. The summed E-state index contributed by atoms with van der Waals surface area (Å²) in [7, 11) is 0. The van der Waals surface area contributed by atoms with Crippen LogP contribution in [0.4, 0.5) is 5.69 Å². The fraction of sp³-hybridized carbons (Fsp3) is 0.167. The zero-order valence-corrected chi connectivity index (χ0v) is 14.8. The molecule has 1 atom stereocenters. The highest BCUT2D eigenvalue weighted by Gasteiger charge is 2.38. The van der Waals surface area contributed by atoms with Crippen molar-refractivity contribution in [1.82, 2.24) is 10.2 Å². The van der Waals surface area contributed by atoms with Gasteiger partial charge < -0.3 is 0 Å². The van der Waals surface area contributed by atoms with Crippen molar-refractivity contribution in [1.29, 1.82) is 0 Å². The average Bonchev–Trinajstić information content (AvgIpc) is 2.90. The molecule has 1 fully saturated rings. The molecule has 0 saturated carbocycles. The van der Waals surface area contributed by atoms with E-state index in [-0.39, 0.29) is 23.1 Å². The molecule has 1 saturated heterocycles. The van der Waals surface area contributed by atoms with Crippen LogP contribution in [0.2, 0.25) is 0 Å². The molecule has 0 aliphatic carbocycles. The first kappa shape index (κ1) is 17.7. The average molecular weight is 368 g/mol. The van der Waals surface area contributed by atoms with E-state index in [4.69, 9.17) is 12.2 Å². The third-order valence-corrected chi connectivity index (χ3v) is 4.34. The molecule has 132 valence electrons. The molecule has 0 unspecified atom stereocenters. The Morgan fingerprint density at radius 1 is 1.27 bits per heavy atom. The lowest BCUT2D eigenvalue weighted by molar-refractivity contribution is -0.128. The minimum atomic E-state index is -0.794. The number of carbonyl (C=O) groups excluding carboxylic acids is 3. The minimum Gasteiger partial charge on any atom is -0.298 e. The van der Waals surface area contributed by atoms with Gasteiger partial charge in [0.2, 0.25) is 0 Å². The number of rotatable bonds is 4. The van der Waals surface area contributed by atoms with Crippen molar-refractivity contribution < 1.29 is 14.4 Å². The van der Waals surface area contributed by atoms with Crippen molar-refractivity contribution in [2.45, 2.75) is 6.92 Å². The van der Waals surface area contributed by atoms with E-state index in [1.54, 1.807) is 31.2 Å². The summed E-state index contributed by atoms with van der Waals surface area (Å²) in [6.45, 7) is 5.42. The van der Waals surface area contributed by atoms with Crippen molar-refractivity contribution in [2.75, 3.05) is 11.6 Å². The molecule has 0 radical (unpaired) electrons. The predicted octanol–water partition coefficient (Wildman–Crippen LogP) is 1.38. The summed E-state index contributed by atoms with van der Waals surface area (Å²) in [5.41, 5.74) is 0.977. The largest absolute Gasteiger partial charge is 0.298 e. The van der Waals surface area contributed by atoms with Gasteiger partial charge >= 0.3 is 0 Å². The second-order valence-electron chi connectivity index (χ2n) is 5.75. The lowest BCUT2D eigenvalue weighted by atomic mass is 9.99. The molecule has 2 aliphatic rings. The Hall–Kier alpha value is -3.13. The van der Waals surface area contributed by atoms with E-state index in [1.807, 2.05) is 6.07 Å². The summed E-state index contributed by atoms with van der Waals surface area (Å²) < 4.78 is 0. The van der Waals surface area contributed by atoms with Crippen LogP contribution < -0.4 is 10.3 Å². The van der Waals surface area contributed by atoms with E-state index < -0.39 is 17.7 Å². The molecule has 26 heavy (non-hydrogen) atoms. The number of nitrogens with zero attached hydrogens (tertiary/aromatic N) is 3. The van der Waals surface area contributed by atoms with Crippen molar-refractivity contribution >= 4 is 46.5 Å². The molecular formula is C18H16N4O3S. The van der Waals surface area contributed by atoms with E-state index in [2.05, 4.69) is 17.0 Å². The van der Waals surface area contributed by atoms with Gasteiger partial charge in [-0.25, -0.2) is 0 Å². The van der Waals surface area contributed by atoms with Crippen molar-refractivity contribution in [3.63, 3.8) is 0 Å². The number of carbonyl (C=O) groups is 3. The van der Waals surface area contributed by atoms with Crippen molar-refractivity contribution in [2.24, 2.45) is 11.0 Å². The smallest absolute Gasteiger partial charge is 0.265 e. The maximum absolute atomic E-state index is 12.7. The molecule has 0 bridgehead atoms. The number of nitrogens with one attached hydrogen (secondary N) is 1. The molecule has 3 amide bonds. The Balaban J connectivity index is 1.91. The topological polar surface area (TPSA) is 82.1 Å². The zero-order valence-electron chi connectivity index (χ0n) is 14.0. The molecule has 3 rings (SSSR count). The standard InChI is InChI=1S/C18H16N4O3S/c1-3-9-21-16(24)14(15(23)19-18(21)26)10-13-11(2)20-22(17(13)25)12-7-5-4-6-8-12/h3-8,10,13H,1,9H2,2H3,(H,19,23,26)/b14-10+/t13-/m0/s1. The molecule has 1 aromatic rings. The summed E-state index contributed by atoms with van der Waals surface area (Å²) in [6.07, 6.45) is 2.85. The molecule has 0 spiro atoms. The SMILES string of the molecule is C=CCN1C(=O)/C(=C/[C@@H]2C(=O)N(c3ccccc3)N=C2C)C(=O)NC1=S. The van der Waals surface area contributed by atoms with Crippen LogP contribution in [0.25, 0.3) is 0 Å². The number of hydrogen-bond acceptors (Lipinski definition) is 5. The van der Waals surface area contributed by atoms with Gasteiger partial charge in [-0.1, -0.05) is 24.3 Å². The van der Waals surface area contributed by atoms with Crippen LogP contribution in [0.3, 0.4) is 0 Å². The van der Waals surface area contributed by atoms with Gasteiger partial charge in [0.25, 0.3) is 17.7 Å². The minimum absolute atomic E-state index is 0.0195. The summed E-state index contributed by atoms with van der Waals surface area (Å²) in [5.74, 6) is -2.31. The van der Waals surface area contributed by atoms with Crippen LogP contribution in [-0.4, -0.2) is 40.0 Å². The monoisotopic (exact) mass is 368 g/mol. The number of benzene rings is 1. The highest BCUT2D eigenvalue weighted by molar-refractivity contribution is 7.80. The van der Waals surface area contributed by atoms with Crippen LogP contribution in [0, 0.1) is 5.92 Å². The fourth-order valence-electron chi connectivity index (χ4n) is 2.70. The summed E-state index contributed by atoms with van der Waals surface area (Å²) >= 11 is 5.01. The number of hydrogen-bond donors (Lipinski definition) is 1. The zero-order chi connectivity index (χ0) is 18.8. The molecule has 2 heterocycles. The number of amides is 3. The Bertz CT molecular complexity index is 876. The Kier molecular flexibility index (Phi) is 4.77. The van der Waals surface area contributed by atoms with Crippen LogP contribution >= 0.6 is 12.2 Å². The highest BCUT2D eigenvalue weighted by atomic mass is 32.1. The van der Waals surface area contributed by atoms with Crippen LogP contribution in [-0.2, 0) is 14.4 Å². The molecule has 0 aromatic heterocycles. The van der Waals surface area contributed by atoms with Gasteiger partial charge in [0.15, 0.2) is 5.11 Å². The first-order valence-corrected chi connectivity index (χ1v) is 8.29. The number of thiocarbonyl (C=S) groups is 1. The molecule has 1 aromatic carbocycles. The van der Waals surface area contributed by atoms with Crippen molar-refractivity contribution in [3.05, 3.63) is 54.6 Å². The van der Waals surface area contributed by atoms with Crippen LogP contribution in [0.15, 0.2) is 59.7 Å². The Labute approximate surface area is 155 Å². The lowest BCUT2D eigenvalue weighted by Crippen LogP contribution is -2.54. The van der Waals surface area contributed by atoms with Gasteiger partial charge in [-0.15, -0.1) is 6.58 Å². The summed E-state index contributed by atoms with van der Waals surface area (Å²) in [5, 5.41) is 8.01. The van der Waals surface area contributed by atoms with Crippen LogP contribution in [0.1, 0.15) is 6.92 Å². The lowest BCUT2D eigenvalue weighted by Gasteiger charge is -2.28. The summed E-state index contributed by atoms with van der Waals surface area (Å²) in [6, 6.07) is 8.94.